The van der Waals surface area contributed by atoms with Crippen molar-refractivity contribution in [1.29, 1.82) is 0 Å². The van der Waals surface area contributed by atoms with Gasteiger partial charge >= 0.3 is 5.97 Å². The summed E-state index contributed by atoms with van der Waals surface area (Å²) in [5, 5.41) is 12.1. The molecule has 0 aromatic heterocycles. The number of ether oxygens (including phenoxy) is 1. The van der Waals surface area contributed by atoms with Crippen molar-refractivity contribution < 1.29 is 23.8 Å². The highest BCUT2D eigenvalue weighted by molar-refractivity contribution is 5.90. The van der Waals surface area contributed by atoms with Gasteiger partial charge in [0.1, 0.15) is 17.4 Å². The molecule has 1 atom stereocenters. The number of carboxylic acid groups (broad SMARTS) is 1. The summed E-state index contributed by atoms with van der Waals surface area (Å²) in [6, 6.07) is 5.08. The van der Waals surface area contributed by atoms with Crippen LogP contribution in [0.1, 0.15) is 24.4 Å². The minimum atomic E-state index is -1.37. The molecule has 0 bridgehead atoms. The lowest BCUT2D eigenvalue weighted by Crippen LogP contribution is -2.59. The Balaban J connectivity index is 2.28. The first kappa shape index (κ1) is 17.4. The monoisotopic (exact) mass is 324 g/mol. The Morgan fingerprint density at radius 2 is 1.91 bits per heavy atom. The van der Waals surface area contributed by atoms with Crippen molar-refractivity contribution in [3.8, 4) is 0 Å². The summed E-state index contributed by atoms with van der Waals surface area (Å²) < 4.78 is 19.2. The van der Waals surface area contributed by atoms with Crippen LogP contribution in [0.5, 0.6) is 0 Å². The molecular formula is C16H21FN2O4. The van der Waals surface area contributed by atoms with Crippen molar-refractivity contribution in [3.05, 3.63) is 35.6 Å². The maximum Gasteiger partial charge on any atom is 0.329 e. The van der Waals surface area contributed by atoms with Crippen LogP contribution in [0.15, 0.2) is 24.3 Å². The number of carboxylic acids is 1. The van der Waals surface area contributed by atoms with Gasteiger partial charge in [0, 0.05) is 31.6 Å². The summed E-state index contributed by atoms with van der Waals surface area (Å²) in [4.78, 5) is 25.9. The number of hydrogen-bond acceptors (Lipinski definition) is 4. The first-order valence-corrected chi connectivity index (χ1v) is 7.41. The van der Waals surface area contributed by atoms with Crippen molar-refractivity contribution in [2.75, 3.05) is 27.3 Å². The van der Waals surface area contributed by atoms with Crippen molar-refractivity contribution in [1.82, 2.24) is 10.2 Å². The van der Waals surface area contributed by atoms with Gasteiger partial charge in [-0.3, -0.25) is 9.69 Å². The van der Waals surface area contributed by atoms with Crippen molar-refractivity contribution >= 4 is 11.9 Å². The van der Waals surface area contributed by atoms with Crippen LogP contribution >= 0.6 is 0 Å². The van der Waals surface area contributed by atoms with E-state index in [-0.39, 0.29) is 31.6 Å². The van der Waals surface area contributed by atoms with Gasteiger partial charge in [0.25, 0.3) is 0 Å². The topological polar surface area (TPSA) is 78.9 Å². The van der Waals surface area contributed by atoms with E-state index >= 15 is 0 Å². The Hall–Kier alpha value is -1.99. The van der Waals surface area contributed by atoms with Gasteiger partial charge in [-0.1, -0.05) is 18.2 Å². The number of aliphatic carboxylic acids is 1. The zero-order valence-electron chi connectivity index (χ0n) is 13.2. The van der Waals surface area contributed by atoms with E-state index in [1.54, 1.807) is 31.1 Å². The van der Waals surface area contributed by atoms with Gasteiger partial charge < -0.3 is 15.2 Å². The molecule has 1 aromatic rings. The average molecular weight is 324 g/mol. The fourth-order valence-electron chi connectivity index (χ4n) is 2.77. The number of nitrogens with zero attached hydrogens (tertiary/aromatic N) is 1. The molecule has 2 rings (SSSR count). The molecule has 0 unspecified atom stereocenters. The van der Waals surface area contributed by atoms with Gasteiger partial charge in [0.2, 0.25) is 5.91 Å². The summed E-state index contributed by atoms with van der Waals surface area (Å²) >= 11 is 0. The zero-order valence-corrected chi connectivity index (χ0v) is 13.2. The SMILES string of the molecule is CN(C)[C@@H](C(=O)NC1(C(=O)O)CCOCC1)c1ccccc1F. The van der Waals surface area contributed by atoms with Crippen LogP contribution in [-0.2, 0) is 14.3 Å². The minimum absolute atomic E-state index is 0.186. The third kappa shape index (κ3) is 3.68. The molecule has 2 N–H and O–H groups in total. The quantitative estimate of drug-likeness (QED) is 0.850. The number of amides is 1. The third-order valence-corrected chi connectivity index (χ3v) is 4.08. The second-order valence-corrected chi connectivity index (χ2v) is 5.88. The number of halogens is 1. The molecule has 1 aliphatic heterocycles. The summed E-state index contributed by atoms with van der Waals surface area (Å²) in [6.07, 6.45) is 0.372. The molecule has 23 heavy (non-hydrogen) atoms. The molecule has 0 saturated carbocycles. The molecular weight excluding hydrogens is 303 g/mol. The van der Waals surface area contributed by atoms with E-state index in [0.29, 0.717) is 0 Å². The predicted octanol–water partition coefficient (Wildman–Crippen LogP) is 1.18. The molecule has 1 amide bonds. The highest BCUT2D eigenvalue weighted by Crippen LogP contribution is 2.26. The Kier molecular flexibility index (Phi) is 5.33. The highest BCUT2D eigenvalue weighted by atomic mass is 19.1. The number of rotatable bonds is 5. The molecule has 0 spiro atoms. The smallest absolute Gasteiger partial charge is 0.329 e. The van der Waals surface area contributed by atoms with Crippen LogP contribution in [0.4, 0.5) is 4.39 Å². The van der Waals surface area contributed by atoms with Crippen LogP contribution in [0.25, 0.3) is 0 Å². The summed E-state index contributed by atoms with van der Waals surface area (Å²) in [7, 11) is 3.29. The maximum atomic E-state index is 14.0. The number of likely N-dealkylation sites (N-methyl/N-ethyl adjacent to an activating group) is 1. The molecule has 1 saturated heterocycles. The van der Waals surface area contributed by atoms with Crippen LogP contribution in [0.3, 0.4) is 0 Å². The number of carbonyl (C=O) groups is 2. The normalized spacial score (nSPS) is 18.4. The molecule has 1 heterocycles. The van der Waals surface area contributed by atoms with Gasteiger partial charge in [0.15, 0.2) is 0 Å². The molecule has 0 aliphatic carbocycles. The van der Waals surface area contributed by atoms with Crippen LogP contribution in [0.2, 0.25) is 0 Å². The Bertz CT molecular complexity index is 585. The fraction of sp³-hybridized carbons (Fsp3) is 0.500. The Labute approximate surface area is 134 Å². The highest BCUT2D eigenvalue weighted by Gasteiger charge is 2.43. The molecule has 1 fully saturated rings. The molecule has 6 nitrogen and oxygen atoms in total. The lowest BCUT2D eigenvalue weighted by molar-refractivity contribution is -0.153. The van der Waals surface area contributed by atoms with E-state index in [1.165, 1.54) is 12.1 Å². The van der Waals surface area contributed by atoms with Crippen molar-refractivity contribution in [3.63, 3.8) is 0 Å². The molecule has 0 radical (unpaired) electrons. The van der Waals surface area contributed by atoms with E-state index in [1.807, 2.05) is 0 Å². The van der Waals surface area contributed by atoms with Crippen molar-refractivity contribution in [2.24, 2.45) is 0 Å². The van der Waals surface area contributed by atoms with Gasteiger partial charge in [-0.15, -0.1) is 0 Å². The number of carbonyl (C=O) groups excluding carboxylic acids is 1. The first-order valence-electron chi connectivity index (χ1n) is 7.41. The predicted molar refractivity (Wildman–Crippen MR) is 81.4 cm³/mol. The number of nitrogens with one attached hydrogen (secondary N) is 1. The van der Waals surface area contributed by atoms with E-state index in [9.17, 15) is 19.1 Å². The van der Waals surface area contributed by atoms with Gasteiger partial charge in [-0.2, -0.15) is 0 Å². The number of hydrogen-bond donors (Lipinski definition) is 2. The maximum absolute atomic E-state index is 14.0. The molecule has 1 aromatic carbocycles. The Morgan fingerprint density at radius 3 is 2.43 bits per heavy atom. The first-order chi connectivity index (χ1) is 10.9. The number of benzene rings is 1. The average Bonchev–Trinajstić information content (AvgIpc) is 2.50. The van der Waals surface area contributed by atoms with Crippen molar-refractivity contribution in [2.45, 2.75) is 24.4 Å². The van der Waals surface area contributed by atoms with E-state index < -0.39 is 29.3 Å². The zero-order chi connectivity index (χ0) is 17.0. The van der Waals surface area contributed by atoms with Gasteiger partial charge in [-0.25, -0.2) is 9.18 Å². The van der Waals surface area contributed by atoms with Crippen LogP contribution in [-0.4, -0.2) is 54.7 Å². The second kappa shape index (κ2) is 7.06. The Morgan fingerprint density at radius 1 is 1.30 bits per heavy atom. The van der Waals surface area contributed by atoms with E-state index in [2.05, 4.69) is 5.32 Å². The molecule has 126 valence electrons. The second-order valence-electron chi connectivity index (χ2n) is 5.88. The summed E-state index contributed by atoms with van der Waals surface area (Å²) in [5.41, 5.74) is -1.16. The van der Waals surface area contributed by atoms with Gasteiger partial charge in [0.05, 0.1) is 0 Å². The molecule has 7 heteroatoms. The lowest BCUT2D eigenvalue weighted by Gasteiger charge is -2.36. The lowest BCUT2D eigenvalue weighted by atomic mass is 9.89. The van der Waals surface area contributed by atoms with E-state index in [0.717, 1.165) is 0 Å². The summed E-state index contributed by atoms with van der Waals surface area (Å²) in [5.74, 6) is -2.14. The largest absolute Gasteiger partial charge is 0.480 e. The molecule has 1 aliphatic rings. The summed E-state index contributed by atoms with van der Waals surface area (Å²) in [6.45, 7) is 0.526. The van der Waals surface area contributed by atoms with Crippen LogP contribution in [0, 0.1) is 5.82 Å². The minimum Gasteiger partial charge on any atom is -0.480 e. The standard InChI is InChI=1S/C16H21FN2O4/c1-19(2)13(11-5-3-4-6-12(11)17)14(20)18-16(15(21)22)7-9-23-10-8-16/h3-6,13H,7-10H2,1-2H3,(H,18,20)(H,21,22)/t13-/m1/s1. The van der Waals surface area contributed by atoms with Crippen LogP contribution < -0.4 is 5.32 Å². The van der Waals surface area contributed by atoms with E-state index in [4.69, 9.17) is 4.74 Å². The fourth-order valence-corrected chi connectivity index (χ4v) is 2.77. The van der Waals surface area contributed by atoms with Gasteiger partial charge in [-0.05, 0) is 20.2 Å². The third-order valence-electron chi connectivity index (χ3n) is 4.08.